The maximum absolute atomic E-state index is 3.80. The smallest absolute Gasteiger partial charge is 0.0256 e. The van der Waals surface area contributed by atoms with Gasteiger partial charge in [0.05, 0.1) is 0 Å². The third-order valence-corrected chi connectivity index (χ3v) is 2.75. The lowest BCUT2D eigenvalue weighted by atomic mass is 10.0. The molecule has 1 aromatic rings. The average molecular weight is 237 g/mol. The largest absolute Gasteiger partial charge is 0.0984 e. The van der Waals surface area contributed by atoms with Gasteiger partial charge in [0.1, 0.15) is 0 Å². The molecule has 0 fully saturated rings. The summed E-state index contributed by atoms with van der Waals surface area (Å²) in [5.74, 6) is 0. The molecule has 13 heavy (non-hydrogen) atoms. The molecular weight excluding hydrogens is 224 g/mol. The van der Waals surface area contributed by atoms with E-state index < -0.39 is 0 Å². The number of allylic oxidation sites excluding steroid dienone is 2. The molecule has 68 valence electrons. The molecule has 0 bridgehead atoms. The van der Waals surface area contributed by atoms with E-state index in [0.29, 0.717) is 0 Å². The van der Waals surface area contributed by atoms with Gasteiger partial charge in [-0.25, -0.2) is 0 Å². The van der Waals surface area contributed by atoms with Crippen LogP contribution in [-0.4, -0.2) is 0 Å². The Bertz CT molecular complexity index is 348. The first-order chi connectivity index (χ1) is 6.20. The Labute approximate surface area is 88.1 Å². The highest BCUT2D eigenvalue weighted by molar-refractivity contribution is 9.10. The van der Waals surface area contributed by atoms with Crippen molar-refractivity contribution in [3.63, 3.8) is 0 Å². The van der Waals surface area contributed by atoms with Gasteiger partial charge in [0, 0.05) is 4.47 Å². The number of hydrogen-bond acceptors (Lipinski definition) is 0. The van der Waals surface area contributed by atoms with Crippen LogP contribution in [0.4, 0.5) is 0 Å². The molecule has 0 saturated carbocycles. The van der Waals surface area contributed by atoms with Crippen LogP contribution in [0.3, 0.4) is 0 Å². The molecule has 1 rings (SSSR count). The fourth-order valence-corrected chi connectivity index (χ4v) is 1.97. The van der Waals surface area contributed by atoms with Crippen LogP contribution in [0.25, 0.3) is 11.6 Å². The molecule has 0 aliphatic rings. The van der Waals surface area contributed by atoms with Crippen LogP contribution in [0.15, 0.2) is 35.3 Å². The summed E-state index contributed by atoms with van der Waals surface area (Å²) in [6, 6.07) is 6.14. The van der Waals surface area contributed by atoms with Crippen LogP contribution in [-0.2, 0) is 0 Å². The summed E-state index contributed by atoms with van der Waals surface area (Å²) < 4.78 is 1.13. The van der Waals surface area contributed by atoms with Gasteiger partial charge in [0.2, 0.25) is 0 Å². The zero-order valence-corrected chi connectivity index (χ0v) is 9.56. The summed E-state index contributed by atoms with van der Waals surface area (Å²) >= 11 is 3.54. The SMILES string of the molecule is C=Cc1cccc(Br)c1/C(C)=C\C. The minimum Gasteiger partial charge on any atom is -0.0984 e. The number of hydrogen-bond donors (Lipinski definition) is 0. The van der Waals surface area contributed by atoms with E-state index in [1.54, 1.807) is 0 Å². The highest BCUT2D eigenvalue weighted by atomic mass is 79.9. The first-order valence-corrected chi connectivity index (χ1v) is 5.04. The van der Waals surface area contributed by atoms with Crippen LogP contribution < -0.4 is 0 Å². The topological polar surface area (TPSA) is 0 Å². The Morgan fingerprint density at radius 1 is 1.46 bits per heavy atom. The zero-order valence-electron chi connectivity index (χ0n) is 7.97. The van der Waals surface area contributed by atoms with E-state index >= 15 is 0 Å². The molecule has 0 N–H and O–H groups in total. The molecule has 0 atom stereocenters. The zero-order chi connectivity index (χ0) is 9.84. The minimum atomic E-state index is 1.13. The monoisotopic (exact) mass is 236 g/mol. The molecule has 1 heteroatoms. The van der Waals surface area contributed by atoms with Crippen molar-refractivity contribution in [3.8, 4) is 0 Å². The molecular formula is C12H13Br. The van der Waals surface area contributed by atoms with E-state index in [2.05, 4.69) is 47.6 Å². The van der Waals surface area contributed by atoms with Crippen molar-refractivity contribution in [2.24, 2.45) is 0 Å². The average Bonchev–Trinajstić information content (AvgIpc) is 2.16. The highest BCUT2D eigenvalue weighted by Crippen LogP contribution is 2.28. The number of rotatable bonds is 2. The van der Waals surface area contributed by atoms with Crippen molar-refractivity contribution >= 4 is 27.6 Å². The molecule has 0 unspecified atom stereocenters. The molecule has 0 nitrogen and oxygen atoms in total. The van der Waals surface area contributed by atoms with Gasteiger partial charge in [0.15, 0.2) is 0 Å². The van der Waals surface area contributed by atoms with Crippen molar-refractivity contribution < 1.29 is 0 Å². The second-order valence-electron chi connectivity index (χ2n) is 2.88. The van der Waals surface area contributed by atoms with Crippen LogP contribution in [0.2, 0.25) is 0 Å². The number of benzene rings is 1. The van der Waals surface area contributed by atoms with Gasteiger partial charge >= 0.3 is 0 Å². The molecule has 0 heterocycles. The summed E-state index contributed by atoms with van der Waals surface area (Å²) in [6.45, 7) is 7.95. The third-order valence-electron chi connectivity index (χ3n) is 2.09. The molecule has 0 amide bonds. The highest BCUT2D eigenvalue weighted by Gasteiger charge is 2.04. The lowest BCUT2D eigenvalue weighted by Gasteiger charge is -2.08. The summed E-state index contributed by atoms with van der Waals surface area (Å²) in [5.41, 5.74) is 3.67. The molecule has 0 aliphatic heterocycles. The van der Waals surface area contributed by atoms with Crippen LogP contribution in [0.1, 0.15) is 25.0 Å². The van der Waals surface area contributed by atoms with Crippen molar-refractivity contribution in [2.45, 2.75) is 13.8 Å². The first kappa shape index (κ1) is 10.3. The van der Waals surface area contributed by atoms with E-state index in [1.165, 1.54) is 16.7 Å². The predicted molar refractivity (Wildman–Crippen MR) is 63.6 cm³/mol. The van der Waals surface area contributed by atoms with Crippen molar-refractivity contribution in [1.29, 1.82) is 0 Å². The van der Waals surface area contributed by atoms with Gasteiger partial charge in [-0.15, -0.1) is 0 Å². The lowest BCUT2D eigenvalue weighted by Crippen LogP contribution is -1.86. The van der Waals surface area contributed by atoms with Gasteiger partial charge in [-0.3, -0.25) is 0 Å². The lowest BCUT2D eigenvalue weighted by molar-refractivity contribution is 1.48. The second-order valence-corrected chi connectivity index (χ2v) is 3.73. The molecule has 0 saturated heterocycles. The van der Waals surface area contributed by atoms with Gasteiger partial charge in [-0.2, -0.15) is 0 Å². The van der Waals surface area contributed by atoms with Gasteiger partial charge < -0.3 is 0 Å². The molecule has 0 spiro atoms. The maximum Gasteiger partial charge on any atom is 0.0256 e. The van der Waals surface area contributed by atoms with E-state index in [1.807, 2.05) is 19.1 Å². The van der Waals surface area contributed by atoms with Crippen LogP contribution in [0, 0.1) is 0 Å². The number of halogens is 1. The van der Waals surface area contributed by atoms with E-state index in [4.69, 9.17) is 0 Å². The van der Waals surface area contributed by atoms with E-state index in [-0.39, 0.29) is 0 Å². The molecule has 0 aliphatic carbocycles. The van der Waals surface area contributed by atoms with Crippen molar-refractivity contribution in [2.75, 3.05) is 0 Å². The summed E-state index contributed by atoms with van der Waals surface area (Å²) in [5, 5.41) is 0. The Balaban J connectivity index is 3.39. The third kappa shape index (κ3) is 2.10. The maximum atomic E-state index is 3.80. The Kier molecular flexibility index (Phi) is 3.49. The summed E-state index contributed by atoms with van der Waals surface area (Å²) in [7, 11) is 0. The van der Waals surface area contributed by atoms with Gasteiger partial charge in [0.25, 0.3) is 0 Å². The minimum absolute atomic E-state index is 1.13. The van der Waals surface area contributed by atoms with Crippen molar-refractivity contribution in [3.05, 3.63) is 46.5 Å². The molecule has 0 aromatic heterocycles. The molecule has 0 radical (unpaired) electrons. The van der Waals surface area contributed by atoms with Crippen LogP contribution >= 0.6 is 15.9 Å². The second kappa shape index (κ2) is 4.43. The van der Waals surface area contributed by atoms with Gasteiger partial charge in [-0.05, 0) is 36.6 Å². The normalized spacial score (nSPS) is 11.5. The van der Waals surface area contributed by atoms with Crippen molar-refractivity contribution in [1.82, 2.24) is 0 Å². The first-order valence-electron chi connectivity index (χ1n) is 4.25. The quantitative estimate of drug-likeness (QED) is 0.709. The Morgan fingerprint density at radius 3 is 2.69 bits per heavy atom. The molecule has 1 aromatic carbocycles. The Hall–Kier alpha value is -0.820. The predicted octanol–water partition coefficient (Wildman–Crippen LogP) is 4.52. The van der Waals surface area contributed by atoms with E-state index in [0.717, 1.165) is 4.47 Å². The van der Waals surface area contributed by atoms with Gasteiger partial charge in [-0.1, -0.05) is 46.8 Å². The van der Waals surface area contributed by atoms with Crippen LogP contribution in [0.5, 0.6) is 0 Å². The summed E-state index contributed by atoms with van der Waals surface area (Å²) in [4.78, 5) is 0. The standard InChI is InChI=1S/C12H13Br/c1-4-9(3)12-10(5-2)7-6-8-11(12)13/h4-8H,2H2,1,3H3/b9-4-. The fraction of sp³-hybridized carbons (Fsp3) is 0.167. The summed E-state index contributed by atoms with van der Waals surface area (Å²) in [6.07, 6.45) is 3.99. The van der Waals surface area contributed by atoms with E-state index in [9.17, 15) is 0 Å². The Morgan fingerprint density at radius 2 is 2.15 bits per heavy atom. The fourth-order valence-electron chi connectivity index (χ4n) is 1.27.